The summed E-state index contributed by atoms with van der Waals surface area (Å²) in [6.45, 7) is 5.54. The van der Waals surface area contributed by atoms with Crippen LogP contribution in [0.3, 0.4) is 0 Å². The van der Waals surface area contributed by atoms with Crippen molar-refractivity contribution in [2.75, 3.05) is 48.8 Å². The second-order valence-electron chi connectivity index (χ2n) is 9.09. The number of likely N-dealkylation sites (N-methyl/N-ethyl adjacent to an activating group) is 4. The molecule has 0 fully saturated rings. The zero-order valence-corrected chi connectivity index (χ0v) is 21.1. The van der Waals surface area contributed by atoms with Crippen molar-refractivity contribution in [3.05, 3.63) is 0 Å². The van der Waals surface area contributed by atoms with Crippen LogP contribution in [-0.2, 0) is 19.2 Å². The highest BCUT2D eigenvalue weighted by molar-refractivity contribution is 5.82. The Bertz CT molecular complexity index is 606. The van der Waals surface area contributed by atoms with Crippen LogP contribution in [0, 0.1) is 0 Å². The topological polar surface area (TPSA) is 81.2 Å². The standard InChI is InChI=1S/C23H44N4O4/c1-17(27(9)23(31)15-11-13-21(19(3)29)25(6)7)16-26(8)22(30)14-10-12-20(18(2)28)24(4)5/h17,20-21H,10-16H2,1-9H3. The third-order valence-electron chi connectivity index (χ3n) is 5.94. The normalized spacial score (nSPS) is 14.3. The van der Waals surface area contributed by atoms with E-state index in [1.54, 1.807) is 37.7 Å². The van der Waals surface area contributed by atoms with Crippen LogP contribution in [0.4, 0.5) is 0 Å². The first-order valence-corrected chi connectivity index (χ1v) is 11.1. The van der Waals surface area contributed by atoms with Crippen LogP contribution in [-0.4, -0.2) is 110 Å². The van der Waals surface area contributed by atoms with Crippen LogP contribution in [0.2, 0.25) is 0 Å². The van der Waals surface area contributed by atoms with Crippen molar-refractivity contribution >= 4 is 23.4 Å². The number of nitrogens with zero attached hydrogens (tertiary/aromatic N) is 4. The first-order chi connectivity index (χ1) is 14.3. The molecule has 0 aromatic carbocycles. The number of Topliss-reactive ketones (excluding diaryl/α,β-unsaturated/α-hetero) is 2. The van der Waals surface area contributed by atoms with Crippen LogP contribution in [0.25, 0.3) is 0 Å². The smallest absolute Gasteiger partial charge is 0.222 e. The van der Waals surface area contributed by atoms with Gasteiger partial charge in [0.15, 0.2) is 0 Å². The molecule has 8 heteroatoms. The maximum Gasteiger partial charge on any atom is 0.222 e. The highest BCUT2D eigenvalue weighted by Crippen LogP contribution is 2.12. The predicted octanol–water partition coefficient (Wildman–Crippen LogP) is 1.67. The van der Waals surface area contributed by atoms with Gasteiger partial charge in [0.05, 0.1) is 12.1 Å². The Kier molecular flexibility index (Phi) is 13.5. The molecule has 0 saturated carbocycles. The lowest BCUT2D eigenvalue weighted by Gasteiger charge is -2.30. The largest absolute Gasteiger partial charge is 0.344 e. The summed E-state index contributed by atoms with van der Waals surface area (Å²) in [5.41, 5.74) is 0. The fraction of sp³-hybridized carbons (Fsp3) is 0.826. The average Bonchev–Trinajstić information content (AvgIpc) is 2.65. The summed E-state index contributed by atoms with van der Waals surface area (Å²) >= 11 is 0. The quantitative estimate of drug-likeness (QED) is 0.385. The summed E-state index contributed by atoms with van der Waals surface area (Å²) < 4.78 is 0. The number of hydrogen-bond acceptors (Lipinski definition) is 6. The van der Waals surface area contributed by atoms with Gasteiger partial charge in [-0.2, -0.15) is 0 Å². The molecular formula is C23H44N4O4. The second-order valence-corrected chi connectivity index (χ2v) is 9.09. The zero-order chi connectivity index (χ0) is 24.3. The van der Waals surface area contributed by atoms with Gasteiger partial charge in [0.1, 0.15) is 11.6 Å². The number of ketones is 2. The van der Waals surface area contributed by atoms with E-state index in [0.717, 1.165) is 0 Å². The maximum absolute atomic E-state index is 12.5. The Hall–Kier alpha value is -1.80. The number of hydrogen-bond donors (Lipinski definition) is 0. The fourth-order valence-electron chi connectivity index (χ4n) is 3.78. The average molecular weight is 441 g/mol. The highest BCUT2D eigenvalue weighted by atomic mass is 16.2. The fourth-order valence-corrected chi connectivity index (χ4v) is 3.78. The van der Waals surface area contributed by atoms with Crippen molar-refractivity contribution in [3.63, 3.8) is 0 Å². The van der Waals surface area contributed by atoms with E-state index in [1.807, 2.05) is 44.9 Å². The molecule has 3 unspecified atom stereocenters. The Labute approximate surface area is 188 Å². The second kappa shape index (κ2) is 14.3. The van der Waals surface area contributed by atoms with Gasteiger partial charge < -0.3 is 9.80 Å². The van der Waals surface area contributed by atoms with Crippen LogP contribution in [0.1, 0.15) is 59.3 Å². The molecule has 2 amide bonds. The predicted molar refractivity (Wildman–Crippen MR) is 124 cm³/mol. The van der Waals surface area contributed by atoms with Crippen molar-refractivity contribution in [2.45, 2.75) is 77.4 Å². The summed E-state index contributed by atoms with van der Waals surface area (Å²) in [5, 5.41) is 0. The summed E-state index contributed by atoms with van der Waals surface area (Å²) in [7, 11) is 11.0. The van der Waals surface area contributed by atoms with E-state index >= 15 is 0 Å². The minimum absolute atomic E-state index is 0.0176. The van der Waals surface area contributed by atoms with Crippen LogP contribution in [0.5, 0.6) is 0 Å². The van der Waals surface area contributed by atoms with Crippen molar-refractivity contribution in [3.8, 4) is 0 Å². The van der Waals surface area contributed by atoms with Gasteiger partial charge in [0.2, 0.25) is 11.8 Å². The Morgan fingerprint density at radius 2 is 1.06 bits per heavy atom. The monoisotopic (exact) mass is 440 g/mol. The first kappa shape index (κ1) is 29.2. The van der Waals surface area contributed by atoms with E-state index in [0.29, 0.717) is 45.1 Å². The number of carbonyl (C=O) groups excluding carboxylic acids is 4. The summed E-state index contributed by atoms with van der Waals surface area (Å²) in [6.07, 6.45) is 3.38. The molecule has 180 valence electrons. The molecular weight excluding hydrogens is 396 g/mol. The molecule has 0 aromatic rings. The van der Waals surface area contributed by atoms with Gasteiger partial charge in [0, 0.05) is 39.5 Å². The van der Waals surface area contributed by atoms with Crippen LogP contribution in [0.15, 0.2) is 0 Å². The van der Waals surface area contributed by atoms with E-state index in [-0.39, 0.29) is 41.5 Å². The minimum Gasteiger partial charge on any atom is -0.344 e. The van der Waals surface area contributed by atoms with Gasteiger partial charge in [-0.3, -0.25) is 29.0 Å². The Balaban J connectivity index is 4.46. The molecule has 8 nitrogen and oxygen atoms in total. The lowest BCUT2D eigenvalue weighted by Crippen LogP contribution is -2.44. The molecule has 0 aliphatic rings. The molecule has 0 aliphatic heterocycles. The summed E-state index contributed by atoms with van der Waals surface area (Å²) in [6, 6.07) is -0.420. The van der Waals surface area contributed by atoms with Gasteiger partial charge in [-0.25, -0.2) is 0 Å². The summed E-state index contributed by atoms with van der Waals surface area (Å²) in [5.74, 6) is 0.257. The summed E-state index contributed by atoms with van der Waals surface area (Å²) in [4.78, 5) is 55.4. The van der Waals surface area contributed by atoms with Crippen LogP contribution < -0.4 is 0 Å². The molecule has 31 heavy (non-hydrogen) atoms. The van der Waals surface area contributed by atoms with Gasteiger partial charge in [-0.05, 0) is 74.6 Å². The van der Waals surface area contributed by atoms with E-state index < -0.39 is 0 Å². The SMILES string of the molecule is CC(=O)C(CCCC(=O)N(C)CC(C)N(C)C(=O)CCCC(C(C)=O)N(C)C)N(C)C. The molecule has 0 spiro atoms. The van der Waals surface area contributed by atoms with Gasteiger partial charge in [0.25, 0.3) is 0 Å². The number of rotatable bonds is 15. The molecule has 0 N–H and O–H groups in total. The van der Waals surface area contributed by atoms with Gasteiger partial charge >= 0.3 is 0 Å². The molecule has 0 saturated heterocycles. The van der Waals surface area contributed by atoms with Gasteiger partial charge in [-0.1, -0.05) is 0 Å². The molecule has 0 aromatic heterocycles. The molecule has 3 atom stereocenters. The van der Waals surface area contributed by atoms with Crippen LogP contribution >= 0.6 is 0 Å². The van der Waals surface area contributed by atoms with Crippen molar-refractivity contribution in [2.24, 2.45) is 0 Å². The van der Waals surface area contributed by atoms with Gasteiger partial charge in [-0.15, -0.1) is 0 Å². The first-order valence-electron chi connectivity index (χ1n) is 11.1. The van der Waals surface area contributed by atoms with Crippen molar-refractivity contribution < 1.29 is 19.2 Å². The molecule has 0 bridgehead atoms. The number of amides is 2. The lowest BCUT2D eigenvalue weighted by atomic mass is 10.0. The minimum atomic E-state index is -0.158. The van der Waals surface area contributed by atoms with Crippen molar-refractivity contribution in [1.82, 2.24) is 19.6 Å². The van der Waals surface area contributed by atoms with Crippen molar-refractivity contribution in [1.29, 1.82) is 0 Å². The van der Waals surface area contributed by atoms with E-state index in [1.165, 1.54) is 0 Å². The molecule has 0 radical (unpaired) electrons. The molecule has 0 aliphatic carbocycles. The maximum atomic E-state index is 12.5. The molecule has 0 heterocycles. The van der Waals surface area contributed by atoms with E-state index in [4.69, 9.17) is 0 Å². The third kappa shape index (κ3) is 10.9. The van der Waals surface area contributed by atoms with E-state index in [2.05, 4.69) is 0 Å². The van der Waals surface area contributed by atoms with E-state index in [9.17, 15) is 19.2 Å². The number of carbonyl (C=O) groups is 4. The zero-order valence-electron chi connectivity index (χ0n) is 21.1. The lowest BCUT2D eigenvalue weighted by molar-refractivity contribution is -0.135. The Morgan fingerprint density at radius 1 is 0.677 bits per heavy atom. The third-order valence-corrected chi connectivity index (χ3v) is 5.94. The molecule has 0 rings (SSSR count). The Morgan fingerprint density at radius 3 is 1.42 bits per heavy atom. The highest BCUT2D eigenvalue weighted by Gasteiger charge is 2.22.